The van der Waals surface area contributed by atoms with Crippen molar-refractivity contribution in [2.75, 3.05) is 17.1 Å². The molecular weight excluding hydrogens is 396 g/mol. The lowest BCUT2D eigenvalue weighted by molar-refractivity contribution is -0.122. The Labute approximate surface area is 172 Å². The van der Waals surface area contributed by atoms with Crippen LogP contribution < -0.4 is 9.62 Å². The Kier molecular flexibility index (Phi) is 7.89. The van der Waals surface area contributed by atoms with Gasteiger partial charge in [0.05, 0.1) is 11.9 Å². The Morgan fingerprint density at radius 3 is 2.25 bits per heavy atom. The first kappa shape index (κ1) is 22.2. The molecule has 0 radical (unpaired) electrons. The number of hydrogen-bond acceptors (Lipinski definition) is 3. The van der Waals surface area contributed by atoms with E-state index >= 15 is 0 Å². The van der Waals surface area contributed by atoms with Gasteiger partial charge in [-0.2, -0.15) is 0 Å². The Morgan fingerprint density at radius 1 is 1.11 bits per heavy atom. The minimum Gasteiger partial charge on any atom is -0.354 e. The Hall–Kier alpha value is -2.05. The highest BCUT2D eigenvalue weighted by molar-refractivity contribution is 7.92. The van der Waals surface area contributed by atoms with Crippen LogP contribution >= 0.6 is 11.6 Å². The molecule has 0 unspecified atom stereocenters. The molecule has 0 saturated heterocycles. The number of carbonyl (C=O) groups is 1. The lowest BCUT2D eigenvalue weighted by atomic mass is 10.1. The third kappa shape index (κ3) is 6.24. The second-order valence-corrected chi connectivity index (χ2v) is 9.14. The molecule has 0 aromatic heterocycles. The molecule has 2 rings (SSSR count). The smallest absolute Gasteiger partial charge is 0.243 e. The fourth-order valence-corrected chi connectivity index (χ4v) is 4.36. The van der Waals surface area contributed by atoms with Crippen LogP contribution in [0.3, 0.4) is 0 Å². The van der Waals surface area contributed by atoms with Crippen molar-refractivity contribution in [1.29, 1.82) is 0 Å². The van der Waals surface area contributed by atoms with Gasteiger partial charge in [0.1, 0.15) is 6.04 Å². The van der Waals surface area contributed by atoms with Crippen molar-refractivity contribution in [2.45, 2.75) is 39.2 Å². The van der Waals surface area contributed by atoms with Crippen molar-refractivity contribution in [3.8, 4) is 0 Å². The first-order valence-corrected chi connectivity index (χ1v) is 11.5. The van der Waals surface area contributed by atoms with Gasteiger partial charge in [0.25, 0.3) is 0 Å². The predicted molar refractivity (Wildman–Crippen MR) is 115 cm³/mol. The zero-order chi connectivity index (χ0) is 20.7. The molecular formula is C21H27ClN2O3S. The van der Waals surface area contributed by atoms with Crippen LogP contribution in [0.2, 0.25) is 5.02 Å². The zero-order valence-corrected chi connectivity index (χ0v) is 18.1. The van der Waals surface area contributed by atoms with E-state index in [0.717, 1.165) is 19.1 Å². The summed E-state index contributed by atoms with van der Waals surface area (Å²) in [5, 5.41) is 3.38. The summed E-state index contributed by atoms with van der Waals surface area (Å²) < 4.78 is 25.9. The number of nitrogens with one attached hydrogen (secondary N) is 1. The van der Waals surface area contributed by atoms with Crippen LogP contribution in [0.5, 0.6) is 0 Å². The Morgan fingerprint density at radius 2 is 1.71 bits per heavy atom. The molecule has 1 amide bonds. The first-order chi connectivity index (χ1) is 13.2. The van der Waals surface area contributed by atoms with Crippen LogP contribution in [-0.2, 0) is 21.2 Å². The molecule has 5 nitrogen and oxygen atoms in total. The molecule has 0 heterocycles. The van der Waals surface area contributed by atoms with E-state index in [9.17, 15) is 13.2 Å². The Bertz CT molecular complexity index is 881. The number of halogens is 1. The fourth-order valence-electron chi connectivity index (χ4n) is 3.02. The number of rotatable bonds is 9. The number of hydrogen-bond donors (Lipinski definition) is 1. The van der Waals surface area contributed by atoms with Gasteiger partial charge in [-0.25, -0.2) is 8.42 Å². The molecule has 0 fully saturated rings. The SMILES string of the molecule is CC[C@@H](C(=O)NCCCc1ccc(C)cc1)N(c1ccc(Cl)cc1)S(C)(=O)=O. The van der Waals surface area contributed by atoms with Gasteiger partial charge in [-0.3, -0.25) is 9.10 Å². The summed E-state index contributed by atoms with van der Waals surface area (Å²) in [6, 6.07) is 13.9. The molecule has 0 aliphatic carbocycles. The third-order valence-electron chi connectivity index (χ3n) is 4.47. The van der Waals surface area contributed by atoms with E-state index < -0.39 is 16.1 Å². The van der Waals surface area contributed by atoms with Gasteiger partial charge >= 0.3 is 0 Å². The van der Waals surface area contributed by atoms with E-state index in [1.807, 2.05) is 6.92 Å². The van der Waals surface area contributed by atoms with Crippen LogP contribution in [0.25, 0.3) is 0 Å². The summed E-state index contributed by atoms with van der Waals surface area (Å²) in [5.41, 5.74) is 2.85. The normalized spacial score (nSPS) is 12.4. The maximum Gasteiger partial charge on any atom is 0.243 e. The number of anilines is 1. The van der Waals surface area contributed by atoms with Gasteiger partial charge in [0, 0.05) is 11.6 Å². The molecule has 0 spiro atoms. The monoisotopic (exact) mass is 422 g/mol. The highest BCUT2D eigenvalue weighted by Gasteiger charge is 2.31. The minimum absolute atomic E-state index is 0.299. The van der Waals surface area contributed by atoms with Crippen LogP contribution in [0, 0.1) is 6.92 Å². The average Bonchev–Trinajstić information content (AvgIpc) is 2.64. The van der Waals surface area contributed by atoms with E-state index in [0.29, 0.717) is 23.7 Å². The minimum atomic E-state index is -3.64. The van der Waals surface area contributed by atoms with Crippen molar-refractivity contribution in [1.82, 2.24) is 5.32 Å². The van der Waals surface area contributed by atoms with Gasteiger partial charge in [-0.1, -0.05) is 48.4 Å². The lowest BCUT2D eigenvalue weighted by Crippen LogP contribution is -2.49. The molecule has 0 saturated carbocycles. The standard InChI is InChI=1S/C21H27ClN2O3S/c1-4-20(24(28(3,26)27)19-13-11-18(22)12-14-19)21(25)23-15-5-6-17-9-7-16(2)8-10-17/h7-14,20H,4-6,15H2,1-3H3,(H,23,25)/t20-/m0/s1. The summed E-state index contributed by atoms with van der Waals surface area (Å²) >= 11 is 5.90. The molecule has 152 valence electrons. The number of carbonyl (C=O) groups excluding carboxylic acids is 1. The van der Waals surface area contributed by atoms with Crippen LogP contribution in [0.4, 0.5) is 5.69 Å². The number of nitrogens with zero attached hydrogens (tertiary/aromatic N) is 1. The summed E-state index contributed by atoms with van der Waals surface area (Å²) in [7, 11) is -3.64. The van der Waals surface area contributed by atoms with E-state index in [1.165, 1.54) is 15.4 Å². The van der Waals surface area contributed by atoms with Crippen molar-refractivity contribution >= 4 is 33.2 Å². The zero-order valence-electron chi connectivity index (χ0n) is 16.5. The number of benzene rings is 2. The van der Waals surface area contributed by atoms with Crippen LogP contribution in [-0.4, -0.2) is 33.2 Å². The summed E-state index contributed by atoms with van der Waals surface area (Å²) in [5.74, 6) is -0.299. The maximum absolute atomic E-state index is 12.7. The van der Waals surface area contributed by atoms with Gasteiger partial charge in [0.15, 0.2) is 0 Å². The average molecular weight is 423 g/mol. The summed E-state index contributed by atoms with van der Waals surface area (Å²) in [6.07, 6.45) is 3.10. The van der Waals surface area contributed by atoms with Gasteiger partial charge in [-0.15, -0.1) is 0 Å². The molecule has 0 aliphatic rings. The van der Waals surface area contributed by atoms with E-state index in [4.69, 9.17) is 11.6 Å². The largest absolute Gasteiger partial charge is 0.354 e. The molecule has 0 aliphatic heterocycles. The van der Waals surface area contributed by atoms with Crippen molar-refractivity contribution in [3.63, 3.8) is 0 Å². The summed E-state index contributed by atoms with van der Waals surface area (Å²) in [4.78, 5) is 12.7. The predicted octanol–water partition coefficient (Wildman–Crippen LogP) is 3.94. The molecule has 28 heavy (non-hydrogen) atoms. The number of amides is 1. The second kappa shape index (κ2) is 9.94. The van der Waals surface area contributed by atoms with Crippen molar-refractivity contribution < 1.29 is 13.2 Å². The third-order valence-corrected chi connectivity index (χ3v) is 5.90. The number of aryl methyl sites for hydroxylation is 2. The van der Waals surface area contributed by atoms with Crippen molar-refractivity contribution in [2.24, 2.45) is 0 Å². The van der Waals surface area contributed by atoms with Crippen LogP contribution in [0.15, 0.2) is 48.5 Å². The Balaban J connectivity index is 2.02. The van der Waals surface area contributed by atoms with Crippen molar-refractivity contribution in [3.05, 3.63) is 64.7 Å². The number of sulfonamides is 1. The highest BCUT2D eigenvalue weighted by Crippen LogP contribution is 2.24. The van der Waals surface area contributed by atoms with Gasteiger partial charge in [0.2, 0.25) is 15.9 Å². The van der Waals surface area contributed by atoms with Crippen LogP contribution in [0.1, 0.15) is 30.9 Å². The first-order valence-electron chi connectivity index (χ1n) is 9.30. The lowest BCUT2D eigenvalue weighted by Gasteiger charge is -2.30. The maximum atomic E-state index is 12.7. The highest BCUT2D eigenvalue weighted by atomic mass is 35.5. The quantitative estimate of drug-likeness (QED) is 0.622. The molecule has 7 heteroatoms. The molecule has 1 atom stereocenters. The molecule has 1 N–H and O–H groups in total. The van der Waals surface area contributed by atoms with E-state index in [-0.39, 0.29) is 5.91 Å². The topological polar surface area (TPSA) is 66.5 Å². The summed E-state index contributed by atoms with van der Waals surface area (Å²) in [6.45, 7) is 4.33. The van der Waals surface area contributed by atoms with E-state index in [1.54, 1.807) is 31.2 Å². The molecule has 2 aromatic carbocycles. The van der Waals surface area contributed by atoms with E-state index in [2.05, 4.69) is 29.6 Å². The molecule has 2 aromatic rings. The fraction of sp³-hybridized carbons (Fsp3) is 0.381. The van der Waals surface area contributed by atoms with Gasteiger partial charge in [-0.05, 0) is 56.0 Å². The van der Waals surface area contributed by atoms with Gasteiger partial charge < -0.3 is 5.32 Å². The molecule has 0 bridgehead atoms. The second-order valence-electron chi connectivity index (χ2n) is 6.84.